The van der Waals surface area contributed by atoms with E-state index in [2.05, 4.69) is 0 Å². The quantitative estimate of drug-likeness (QED) is 0.484. The molecular weight excluding hydrogens is 350 g/mol. The normalized spacial score (nSPS) is 10.8. The van der Waals surface area contributed by atoms with Crippen LogP contribution in [-0.2, 0) is 4.74 Å². The van der Waals surface area contributed by atoms with Crippen molar-refractivity contribution in [3.05, 3.63) is 101 Å². The second-order valence-corrected chi connectivity index (χ2v) is 6.33. The molecule has 4 heteroatoms. The summed E-state index contributed by atoms with van der Waals surface area (Å²) in [6.07, 6.45) is 0. The number of aromatic nitrogens is 1. The lowest BCUT2D eigenvalue weighted by molar-refractivity contribution is 0.0525. The molecule has 0 fully saturated rings. The molecule has 0 N–H and O–H groups in total. The number of carbonyl (C=O) groups is 1. The summed E-state index contributed by atoms with van der Waals surface area (Å²) < 4.78 is 7.22. The molecule has 0 saturated heterocycles. The molecule has 28 heavy (non-hydrogen) atoms. The fourth-order valence-electron chi connectivity index (χ4n) is 3.44. The number of nitrogens with zero attached hydrogens (tertiary/aromatic N) is 1. The third-order valence-electron chi connectivity index (χ3n) is 4.62. The third kappa shape index (κ3) is 2.99. The van der Waals surface area contributed by atoms with E-state index in [4.69, 9.17) is 4.74 Å². The van der Waals surface area contributed by atoms with E-state index < -0.39 is 5.97 Å². The van der Waals surface area contributed by atoms with Gasteiger partial charge in [-0.25, -0.2) is 4.79 Å². The molecule has 4 rings (SSSR count). The van der Waals surface area contributed by atoms with Gasteiger partial charge < -0.3 is 9.30 Å². The van der Waals surface area contributed by atoms with Gasteiger partial charge in [0, 0.05) is 11.1 Å². The highest BCUT2D eigenvalue weighted by Gasteiger charge is 2.25. The average molecular weight is 369 g/mol. The molecule has 1 aromatic heterocycles. The highest BCUT2D eigenvalue weighted by molar-refractivity contribution is 6.01. The number of hydrogen-bond donors (Lipinski definition) is 0. The molecule has 4 aromatic rings. The van der Waals surface area contributed by atoms with E-state index in [-0.39, 0.29) is 17.6 Å². The Morgan fingerprint density at radius 3 is 2.14 bits per heavy atom. The number of pyridine rings is 1. The summed E-state index contributed by atoms with van der Waals surface area (Å²) in [6, 6.07) is 26.5. The third-order valence-corrected chi connectivity index (χ3v) is 4.62. The number of rotatable bonds is 4. The van der Waals surface area contributed by atoms with Crippen LogP contribution in [-0.4, -0.2) is 17.1 Å². The lowest BCUT2D eigenvalue weighted by Gasteiger charge is -2.20. The summed E-state index contributed by atoms with van der Waals surface area (Å²) in [7, 11) is 0. The molecule has 0 atom stereocenters. The van der Waals surface area contributed by atoms with E-state index >= 15 is 0 Å². The first-order valence-corrected chi connectivity index (χ1v) is 9.18. The van der Waals surface area contributed by atoms with Gasteiger partial charge in [0.15, 0.2) is 0 Å². The topological polar surface area (TPSA) is 48.3 Å². The summed E-state index contributed by atoms with van der Waals surface area (Å²) >= 11 is 0. The molecule has 0 radical (unpaired) electrons. The van der Waals surface area contributed by atoms with Crippen molar-refractivity contribution in [2.45, 2.75) is 6.92 Å². The molecule has 138 valence electrons. The van der Waals surface area contributed by atoms with Crippen molar-refractivity contribution in [1.29, 1.82) is 0 Å². The van der Waals surface area contributed by atoms with E-state index in [0.717, 1.165) is 16.8 Å². The van der Waals surface area contributed by atoms with E-state index in [1.807, 2.05) is 77.4 Å². The van der Waals surface area contributed by atoms with Gasteiger partial charge in [-0.15, -0.1) is 0 Å². The first-order chi connectivity index (χ1) is 13.7. The van der Waals surface area contributed by atoms with Crippen LogP contribution < -0.4 is 5.43 Å². The van der Waals surface area contributed by atoms with Crippen molar-refractivity contribution in [2.24, 2.45) is 0 Å². The first-order valence-electron chi connectivity index (χ1n) is 9.18. The number of carbonyl (C=O) groups excluding carboxylic acids is 1. The minimum absolute atomic E-state index is 0.0515. The fourth-order valence-corrected chi connectivity index (χ4v) is 3.44. The molecular formula is C24H19NO3. The van der Waals surface area contributed by atoms with Gasteiger partial charge >= 0.3 is 5.97 Å². The van der Waals surface area contributed by atoms with E-state index in [0.29, 0.717) is 11.1 Å². The zero-order valence-corrected chi connectivity index (χ0v) is 15.5. The van der Waals surface area contributed by atoms with Crippen LogP contribution in [0.25, 0.3) is 27.8 Å². The predicted molar refractivity (Wildman–Crippen MR) is 111 cm³/mol. The Morgan fingerprint density at radius 1 is 0.857 bits per heavy atom. The molecule has 0 aliphatic rings. The van der Waals surface area contributed by atoms with Gasteiger partial charge in [0.2, 0.25) is 5.43 Å². The van der Waals surface area contributed by atoms with Crippen LogP contribution in [0, 0.1) is 0 Å². The van der Waals surface area contributed by atoms with Gasteiger partial charge in [0.1, 0.15) is 5.56 Å². The van der Waals surface area contributed by atoms with Crippen molar-refractivity contribution in [2.75, 3.05) is 6.61 Å². The smallest absolute Gasteiger partial charge is 0.344 e. The summed E-state index contributed by atoms with van der Waals surface area (Å²) in [5.74, 6) is -0.609. The van der Waals surface area contributed by atoms with Gasteiger partial charge in [-0.1, -0.05) is 60.7 Å². The fraction of sp³-hybridized carbons (Fsp3) is 0.0833. The zero-order chi connectivity index (χ0) is 19.5. The van der Waals surface area contributed by atoms with Gasteiger partial charge in [-0.3, -0.25) is 4.79 Å². The molecule has 0 amide bonds. The van der Waals surface area contributed by atoms with Crippen LogP contribution in [0.2, 0.25) is 0 Å². The molecule has 0 saturated carbocycles. The van der Waals surface area contributed by atoms with Gasteiger partial charge in [0.05, 0.1) is 17.8 Å². The SMILES string of the molecule is CCOC(=O)c1c(-c2ccccc2)n(-c2ccccc2)c2ccccc2c1=O. The highest BCUT2D eigenvalue weighted by atomic mass is 16.5. The van der Waals surface area contributed by atoms with Crippen LogP contribution in [0.5, 0.6) is 0 Å². The summed E-state index contributed by atoms with van der Waals surface area (Å²) in [6.45, 7) is 1.93. The van der Waals surface area contributed by atoms with Crippen LogP contribution in [0.4, 0.5) is 0 Å². The molecule has 0 unspecified atom stereocenters. The van der Waals surface area contributed by atoms with Gasteiger partial charge in [0.25, 0.3) is 0 Å². The Hall–Kier alpha value is -3.66. The molecule has 3 aromatic carbocycles. The Labute approximate surface area is 162 Å². The second-order valence-electron chi connectivity index (χ2n) is 6.33. The number of esters is 1. The van der Waals surface area contributed by atoms with Crippen LogP contribution in [0.15, 0.2) is 89.7 Å². The predicted octanol–water partition coefficient (Wildman–Crippen LogP) is 4.83. The van der Waals surface area contributed by atoms with E-state index in [9.17, 15) is 9.59 Å². The Morgan fingerprint density at radius 2 is 1.46 bits per heavy atom. The van der Waals surface area contributed by atoms with Crippen molar-refractivity contribution in [3.8, 4) is 16.9 Å². The van der Waals surface area contributed by atoms with Gasteiger partial charge in [-0.2, -0.15) is 0 Å². The van der Waals surface area contributed by atoms with Crippen LogP contribution in [0.1, 0.15) is 17.3 Å². The Balaban J connectivity index is 2.23. The minimum Gasteiger partial charge on any atom is -0.462 e. The van der Waals surface area contributed by atoms with E-state index in [1.54, 1.807) is 19.1 Å². The second kappa shape index (κ2) is 7.53. The Bertz CT molecular complexity index is 1200. The number of hydrogen-bond acceptors (Lipinski definition) is 3. The van der Waals surface area contributed by atoms with Crippen LogP contribution in [0.3, 0.4) is 0 Å². The maximum atomic E-state index is 13.3. The largest absolute Gasteiger partial charge is 0.462 e. The molecule has 0 spiro atoms. The monoisotopic (exact) mass is 369 g/mol. The molecule has 4 nitrogen and oxygen atoms in total. The van der Waals surface area contributed by atoms with Crippen molar-refractivity contribution in [1.82, 2.24) is 4.57 Å². The minimum atomic E-state index is -0.609. The lowest BCUT2D eigenvalue weighted by atomic mass is 10.0. The molecule has 0 aliphatic carbocycles. The van der Waals surface area contributed by atoms with Gasteiger partial charge in [-0.05, 0) is 36.8 Å². The average Bonchev–Trinajstić information content (AvgIpc) is 2.75. The number of benzene rings is 3. The number of fused-ring (bicyclic) bond motifs is 1. The standard InChI is InChI=1S/C24H19NO3/c1-2-28-24(27)21-22(17-11-5-3-6-12-17)25(18-13-7-4-8-14-18)20-16-10-9-15-19(20)23(21)26/h3-16H,2H2,1H3. The summed E-state index contributed by atoms with van der Waals surface area (Å²) in [5.41, 5.74) is 2.65. The number of para-hydroxylation sites is 2. The van der Waals surface area contributed by atoms with E-state index in [1.165, 1.54) is 0 Å². The summed E-state index contributed by atoms with van der Waals surface area (Å²) in [4.78, 5) is 26.2. The molecule has 0 aliphatic heterocycles. The Kier molecular flexibility index (Phi) is 4.77. The maximum Gasteiger partial charge on any atom is 0.344 e. The molecule has 1 heterocycles. The maximum absolute atomic E-state index is 13.3. The lowest BCUT2D eigenvalue weighted by Crippen LogP contribution is -2.23. The molecule has 0 bridgehead atoms. The van der Waals surface area contributed by atoms with Crippen molar-refractivity contribution >= 4 is 16.9 Å². The van der Waals surface area contributed by atoms with Crippen LogP contribution >= 0.6 is 0 Å². The van der Waals surface area contributed by atoms with Crippen molar-refractivity contribution in [3.63, 3.8) is 0 Å². The summed E-state index contributed by atoms with van der Waals surface area (Å²) in [5, 5.41) is 0.481. The van der Waals surface area contributed by atoms with Crippen molar-refractivity contribution < 1.29 is 9.53 Å². The zero-order valence-electron chi connectivity index (χ0n) is 15.5. The first kappa shape index (κ1) is 17.7. The highest BCUT2D eigenvalue weighted by Crippen LogP contribution is 2.30. The number of ether oxygens (including phenoxy) is 1.